The van der Waals surface area contributed by atoms with E-state index in [1.54, 1.807) is 6.20 Å². The summed E-state index contributed by atoms with van der Waals surface area (Å²) in [4.78, 5) is 18.1. The molecule has 1 aliphatic rings. The van der Waals surface area contributed by atoms with E-state index in [1.807, 2.05) is 31.6 Å². The second-order valence-corrected chi connectivity index (χ2v) is 6.52. The van der Waals surface area contributed by atoms with Gasteiger partial charge in [0.2, 0.25) is 0 Å². The molecule has 1 aliphatic heterocycles. The Kier molecular flexibility index (Phi) is 4.08. The highest BCUT2D eigenvalue weighted by Gasteiger charge is 2.19. The zero-order valence-electron chi connectivity index (χ0n) is 13.6. The van der Waals surface area contributed by atoms with Gasteiger partial charge in [-0.1, -0.05) is 11.6 Å². The SMILES string of the molecule is Cn1ccnc1CN1CCN(c2ccc3cc(Cl)cnc3n2)CC1. The number of imidazole rings is 1. The van der Waals surface area contributed by atoms with E-state index in [0.717, 1.165) is 55.4 Å². The molecule has 0 atom stereocenters. The van der Waals surface area contributed by atoms with Gasteiger partial charge in [0.15, 0.2) is 5.65 Å². The van der Waals surface area contributed by atoms with E-state index in [4.69, 9.17) is 11.6 Å². The molecule has 0 amide bonds. The summed E-state index contributed by atoms with van der Waals surface area (Å²) in [6, 6.07) is 5.98. The molecule has 0 aromatic carbocycles. The molecule has 0 aliphatic carbocycles. The molecule has 0 bridgehead atoms. The van der Waals surface area contributed by atoms with Gasteiger partial charge in [-0.3, -0.25) is 4.90 Å². The van der Waals surface area contributed by atoms with E-state index in [1.165, 1.54) is 0 Å². The van der Waals surface area contributed by atoms with Crippen molar-refractivity contribution in [1.82, 2.24) is 24.4 Å². The first-order chi connectivity index (χ1) is 11.7. The lowest BCUT2D eigenvalue weighted by Crippen LogP contribution is -2.46. The number of rotatable bonds is 3. The highest BCUT2D eigenvalue weighted by atomic mass is 35.5. The molecule has 0 unspecified atom stereocenters. The van der Waals surface area contributed by atoms with Gasteiger partial charge >= 0.3 is 0 Å². The third-order valence-corrected chi connectivity index (χ3v) is 4.68. The molecule has 0 radical (unpaired) electrons. The van der Waals surface area contributed by atoms with E-state index >= 15 is 0 Å². The minimum absolute atomic E-state index is 0.639. The minimum atomic E-state index is 0.639. The van der Waals surface area contributed by atoms with Crippen LogP contribution < -0.4 is 4.90 Å². The van der Waals surface area contributed by atoms with Crippen molar-refractivity contribution in [1.29, 1.82) is 0 Å². The summed E-state index contributed by atoms with van der Waals surface area (Å²) in [5, 5.41) is 1.61. The molecular weight excluding hydrogens is 324 g/mol. The summed E-state index contributed by atoms with van der Waals surface area (Å²) in [6.45, 7) is 4.80. The molecule has 1 saturated heterocycles. The summed E-state index contributed by atoms with van der Waals surface area (Å²) in [7, 11) is 2.04. The quantitative estimate of drug-likeness (QED) is 0.731. The van der Waals surface area contributed by atoms with Gasteiger partial charge in [-0.05, 0) is 18.2 Å². The highest BCUT2D eigenvalue weighted by molar-refractivity contribution is 6.31. The highest BCUT2D eigenvalue weighted by Crippen LogP contribution is 2.20. The molecule has 1 fully saturated rings. The third kappa shape index (κ3) is 3.07. The van der Waals surface area contributed by atoms with Crippen LogP contribution >= 0.6 is 11.6 Å². The maximum Gasteiger partial charge on any atom is 0.161 e. The van der Waals surface area contributed by atoms with Gasteiger partial charge < -0.3 is 9.47 Å². The molecule has 0 saturated carbocycles. The lowest BCUT2D eigenvalue weighted by Gasteiger charge is -2.35. The monoisotopic (exact) mass is 342 g/mol. The molecule has 4 heterocycles. The van der Waals surface area contributed by atoms with Crippen molar-refractivity contribution in [3.8, 4) is 0 Å². The standard InChI is InChI=1S/C17H19ClN6/c1-22-5-4-19-16(22)12-23-6-8-24(9-7-23)15-3-2-13-10-14(18)11-20-17(13)21-15/h2-5,10-11H,6-9,12H2,1H3. The Bertz CT molecular complexity index is 853. The van der Waals surface area contributed by atoms with Crippen molar-refractivity contribution < 1.29 is 0 Å². The number of hydrogen-bond donors (Lipinski definition) is 0. The van der Waals surface area contributed by atoms with Crippen LogP contribution in [-0.4, -0.2) is 50.6 Å². The molecule has 3 aromatic heterocycles. The van der Waals surface area contributed by atoms with Crippen LogP contribution in [-0.2, 0) is 13.6 Å². The van der Waals surface area contributed by atoms with Crippen LogP contribution in [0.4, 0.5) is 5.82 Å². The fourth-order valence-electron chi connectivity index (χ4n) is 3.03. The van der Waals surface area contributed by atoms with Crippen LogP contribution in [0, 0.1) is 0 Å². The largest absolute Gasteiger partial charge is 0.354 e. The second kappa shape index (κ2) is 6.37. The van der Waals surface area contributed by atoms with Gasteiger partial charge in [0.05, 0.1) is 11.6 Å². The summed E-state index contributed by atoms with van der Waals surface area (Å²) in [5.74, 6) is 2.09. The number of halogens is 1. The van der Waals surface area contributed by atoms with Crippen molar-refractivity contribution in [2.45, 2.75) is 6.54 Å². The Morgan fingerprint density at radius 3 is 2.71 bits per heavy atom. The van der Waals surface area contributed by atoms with Crippen LogP contribution in [0.2, 0.25) is 5.02 Å². The maximum atomic E-state index is 5.98. The number of piperazine rings is 1. The first-order valence-corrected chi connectivity index (χ1v) is 8.43. The lowest BCUT2D eigenvalue weighted by atomic mass is 10.2. The van der Waals surface area contributed by atoms with Gasteiger partial charge in [0.1, 0.15) is 11.6 Å². The smallest absolute Gasteiger partial charge is 0.161 e. The maximum absolute atomic E-state index is 5.98. The number of aryl methyl sites for hydroxylation is 1. The van der Waals surface area contributed by atoms with Crippen molar-refractivity contribution in [3.63, 3.8) is 0 Å². The normalized spacial score (nSPS) is 16.0. The Morgan fingerprint density at radius 1 is 1.12 bits per heavy atom. The number of anilines is 1. The van der Waals surface area contributed by atoms with Crippen LogP contribution in [0.1, 0.15) is 5.82 Å². The number of nitrogens with zero attached hydrogens (tertiary/aromatic N) is 6. The predicted molar refractivity (Wildman–Crippen MR) is 95.2 cm³/mol. The van der Waals surface area contributed by atoms with Gasteiger partial charge in [0, 0.05) is 57.2 Å². The van der Waals surface area contributed by atoms with Gasteiger partial charge in [-0.25, -0.2) is 15.0 Å². The Morgan fingerprint density at radius 2 is 1.96 bits per heavy atom. The third-order valence-electron chi connectivity index (χ3n) is 4.48. The van der Waals surface area contributed by atoms with E-state index in [2.05, 4.69) is 35.4 Å². The molecule has 0 spiro atoms. The van der Waals surface area contributed by atoms with Crippen molar-refractivity contribution in [2.24, 2.45) is 7.05 Å². The summed E-state index contributed by atoms with van der Waals surface area (Å²) < 4.78 is 2.08. The summed E-state index contributed by atoms with van der Waals surface area (Å²) >= 11 is 5.98. The molecule has 4 rings (SSSR count). The fraction of sp³-hybridized carbons (Fsp3) is 0.353. The van der Waals surface area contributed by atoms with Crippen LogP contribution in [0.5, 0.6) is 0 Å². The first-order valence-electron chi connectivity index (χ1n) is 8.05. The zero-order chi connectivity index (χ0) is 16.5. The second-order valence-electron chi connectivity index (χ2n) is 6.09. The van der Waals surface area contributed by atoms with Crippen molar-refractivity contribution in [3.05, 3.63) is 47.6 Å². The molecular formula is C17H19ClN6. The van der Waals surface area contributed by atoms with Crippen molar-refractivity contribution >= 4 is 28.5 Å². The number of pyridine rings is 2. The molecule has 7 heteroatoms. The average molecular weight is 343 g/mol. The molecule has 6 nitrogen and oxygen atoms in total. The number of hydrogen-bond acceptors (Lipinski definition) is 5. The van der Waals surface area contributed by atoms with Crippen LogP contribution in [0.15, 0.2) is 36.8 Å². The Balaban J connectivity index is 1.44. The molecule has 3 aromatic rings. The first kappa shape index (κ1) is 15.4. The summed E-state index contributed by atoms with van der Waals surface area (Å²) in [5.41, 5.74) is 0.743. The van der Waals surface area contributed by atoms with E-state index in [9.17, 15) is 0 Å². The molecule has 124 valence electrons. The zero-order valence-corrected chi connectivity index (χ0v) is 14.3. The van der Waals surface area contributed by atoms with E-state index < -0.39 is 0 Å². The average Bonchev–Trinajstić information content (AvgIpc) is 3.00. The molecule has 24 heavy (non-hydrogen) atoms. The summed E-state index contributed by atoms with van der Waals surface area (Å²) in [6.07, 6.45) is 5.49. The van der Waals surface area contributed by atoms with Gasteiger partial charge in [-0.15, -0.1) is 0 Å². The lowest BCUT2D eigenvalue weighted by molar-refractivity contribution is 0.241. The fourth-order valence-corrected chi connectivity index (χ4v) is 3.20. The van der Waals surface area contributed by atoms with E-state index in [0.29, 0.717) is 5.02 Å². The van der Waals surface area contributed by atoms with Crippen LogP contribution in [0.25, 0.3) is 11.0 Å². The van der Waals surface area contributed by atoms with Gasteiger partial charge in [0.25, 0.3) is 0 Å². The van der Waals surface area contributed by atoms with E-state index in [-0.39, 0.29) is 0 Å². The number of aromatic nitrogens is 4. The Labute approximate surface area is 145 Å². The minimum Gasteiger partial charge on any atom is -0.354 e. The topological polar surface area (TPSA) is 50.1 Å². The van der Waals surface area contributed by atoms with Crippen molar-refractivity contribution in [2.75, 3.05) is 31.1 Å². The van der Waals surface area contributed by atoms with Gasteiger partial charge in [-0.2, -0.15) is 0 Å². The molecule has 0 N–H and O–H groups in total. The predicted octanol–water partition coefficient (Wildman–Crippen LogP) is 2.34. The Hall–Kier alpha value is -2.18. The van der Waals surface area contributed by atoms with Crippen LogP contribution in [0.3, 0.4) is 0 Å². The number of fused-ring (bicyclic) bond motifs is 1.